The highest BCUT2D eigenvalue weighted by Gasteiger charge is 2.13. The van der Waals surface area contributed by atoms with E-state index in [9.17, 15) is 0 Å². The van der Waals surface area contributed by atoms with Crippen molar-refractivity contribution in [2.45, 2.75) is 0 Å². The molecule has 2 nitrogen and oxygen atoms in total. The van der Waals surface area contributed by atoms with Crippen molar-refractivity contribution in [3.05, 3.63) is 145 Å². The smallest absolute Gasteiger partial charge is 0.119 e. The van der Waals surface area contributed by atoms with Crippen LogP contribution >= 0.6 is 0 Å². The largest absolute Gasteiger partial charge is 0.497 e. The topological polar surface area (TPSA) is 12.5 Å². The van der Waals surface area contributed by atoms with E-state index in [4.69, 9.17) is 4.74 Å². The van der Waals surface area contributed by atoms with Crippen LogP contribution in [0, 0.1) is 0 Å². The number of rotatable bonds is 6. The molecule has 0 bridgehead atoms. The third-order valence-corrected chi connectivity index (χ3v) is 7.49. The van der Waals surface area contributed by atoms with Gasteiger partial charge in [0.25, 0.3) is 0 Å². The van der Waals surface area contributed by atoms with Crippen LogP contribution in [0.15, 0.2) is 133 Å². The van der Waals surface area contributed by atoms with Gasteiger partial charge in [-0.25, -0.2) is 0 Å². The minimum atomic E-state index is 0.846. The van der Waals surface area contributed by atoms with Crippen LogP contribution in [-0.4, -0.2) is 7.11 Å². The van der Waals surface area contributed by atoms with E-state index < -0.39 is 0 Å². The maximum Gasteiger partial charge on any atom is 0.119 e. The van der Waals surface area contributed by atoms with Crippen LogP contribution in [0.2, 0.25) is 0 Å². The first kappa shape index (κ1) is 23.1. The molecule has 39 heavy (non-hydrogen) atoms. The Bertz CT molecular complexity index is 1920. The van der Waals surface area contributed by atoms with Crippen molar-refractivity contribution in [3.63, 3.8) is 0 Å². The highest BCUT2D eigenvalue weighted by molar-refractivity contribution is 6.24. The molecule has 0 unspecified atom stereocenters. The molecule has 0 aliphatic rings. The molecule has 0 saturated carbocycles. The Balaban J connectivity index is 1.26. The number of hydrogen-bond donors (Lipinski definition) is 0. The first-order valence-electron chi connectivity index (χ1n) is 13.2. The number of anilines is 3. The van der Waals surface area contributed by atoms with E-state index in [1.807, 2.05) is 18.2 Å². The van der Waals surface area contributed by atoms with Crippen LogP contribution in [0.25, 0.3) is 44.5 Å². The molecule has 0 saturated heterocycles. The molecule has 0 radical (unpaired) electrons. The normalized spacial score (nSPS) is 11.6. The highest BCUT2D eigenvalue weighted by atomic mass is 16.5. The molecule has 0 amide bonds. The predicted molar refractivity (Wildman–Crippen MR) is 167 cm³/mol. The van der Waals surface area contributed by atoms with E-state index in [1.165, 1.54) is 37.9 Å². The van der Waals surface area contributed by atoms with Crippen LogP contribution in [0.3, 0.4) is 0 Å². The van der Waals surface area contributed by atoms with Crippen molar-refractivity contribution in [2.75, 3.05) is 12.0 Å². The summed E-state index contributed by atoms with van der Waals surface area (Å²) in [6, 6.07) is 47.3. The Labute approximate surface area is 228 Å². The molecule has 2 heteroatoms. The average molecular weight is 502 g/mol. The van der Waals surface area contributed by atoms with E-state index >= 15 is 0 Å². The maximum atomic E-state index is 5.38. The summed E-state index contributed by atoms with van der Waals surface area (Å²) in [7, 11) is 1.69. The maximum absolute atomic E-state index is 5.38. The van der Waals surface area contributed by atoms with Gasteiger partial charge >= 0.3 is 0 Å². The van der Waals surface area contributed by atoms with Crippen LogP contribution in [0.5, 0.6) is 5.75 Å². The number of nitrogens with zero attached hydrogens (tertiary/aromatic N) is 1. The lowest BCUT2D eigenvalue weighted by molar-refractivity contribution is 0.415. The van der Waals surface area contributed by atoms with Gasteiger partial charge < -0.3 is 9.64 Å². The zero-order valence-corrected chi connectivity index (χ0v) is 21.7. The third-order valence-electron chi connectivity index (χ3n) is 7.49. The summed E-state index contributed by atoms with van der Waals surface area (Å²) in [4.78, 5) is 2.26. The van der Waals surface area contributed by atoms with Crippen molar-refractivity contribution in [3.8, 4) is 5.75 Å². The molecule has 0 aliphatic heterocycles. The van der Waals surface area contributed by atoms with E-state index in [2.05, 4.69) is 132 Å². The van der Waals surface area contributed by atoms with Crippen LogP contribution in [-0.2, 0) is 0 Å². The molecular weight excluding hydrogens is 474 g/mol. The number of para-hydroxylation sites is 1. The fourth-order valence-electron chi connectivity index (χ4n) is 5.60. The molecule has 0 heterocycles. The van der Waals surface area contributed by atoms with Crippen LogP contribution in [0.4, 0.5) is 17.1 Å². The lowest BCUT2D eigenvalue weighted by Gasteiger charge is -2.25. The summed E-state index contributed by atoms with van der Waals surface area (Å²) in [5, 5.41) is 7.86. The molecule has 0 aliphatic carbocycles. The standard InChI is InChI=1S/C37H27NO/c1-39-34-23-21-33(22-24-34)38(31-10-3-2-4-11-31)32-19-14-26(15-20-32)13-16-29-25-30-9-5-7-27-17-18-28-8-6-12-35(29)37(28)36(27)30/h2-25H,1H3. The minimum Gasteiger partial charge on any atom is -0.497 e. The van der Waals surface area contributed by atoms with Gasteiger partial charge in [-0.3, -0.25) is 0 Å². The summed E-state index contributed by atoms with van der Waals surface area (Å²) < 4.78 is 5.38. The van der Waals surface area contributed by atoms with Gasteiger partial charge in [0, 0.05) is 17.1 Å². The van der Waals surface area contributed by atoms with E-state index in [1.54, 1.807) is 7.11 Å². The molecular formula is C37H27NO. The summed E-state index contributed by atoms with van der Waals surface area (Å²) in [6.07, 6.45) is 4.46. The fourth-order valence-corrected chi connectivity index (χ4v) is 5.60. The lowest BCUT2D eigenvalue weighted by Crippen LogP contribution is -2.09. The van der Waals surface area contributed by atoms with Crippen molar-refractivity contribution in [1.29, 1.82) is 0 Å². The van der Waals surface area contributed by atoms with Gasteiger partial charge in [0.1, 0.15) is 5.75 Å². The van der Waals surface area contributed by atoms with E-state index in [-0.39, 0.29) is 0 Å². The van der Waals surface area contributed by atoms with Gasteiger partial charge in [-0.2, -0.15) is 0 Å². The first-order valence-corrected chi connectivity index (χ1v) is 13.2. The summed E-state index contributed by atoms with van der Waals surface area (Å²) in [5.74, 6) is 0.846. The van der Waals surface area contributed by atoms with Gasteiger partial charge in [-0.15, -0.1) is 0 Å². The second-order valence-electron chi connectivity index (χ2n) is 9.81. The Hall–Kier alpha value is -5.08. The monoisotopic (exact) mass is 501 g/mol. The molecule has 0 fully saturated rings. The van der Waals surface area contributed by atoms with Gasteiger partial charge in [0.05, 0.1) is 7.11 Å². The minimum absolute atomic E-state index is 0.846. The summed E-state index contributed by atoms with van der Waals surface area (Å²) >= 11 is 0. The van der Waals surface area contributed by atoms with Crippen molar-refractivity contribution in [1.82, 2.24) is 0 Å². The van der Waals surface area contributed by atoms with Crippen LogP contribution < -0.4 is 9.64 Å². The lowest BCUT2D eigenvalue weighted by atomic mass is 9.91. The van der Waals surface area contributed by atoms with Gasteiger partial charge in [-0.05, 0) is 98.0 Å². The number of hydrogen-bond acceptors (Lipinski definition) is 2. The number of ether oxygens (including phenoxy) is 1. The quantitative estimate of drug-likeness (QED) is 0.166. The van der Waals surface area contributed by atoms with E-state index in [0.717, 1.165) is 28.4 Å². The van der Waals surface area contributed by atoms with Gasteiger partial charge in [0.2, 0.25) is 0 Å². The molecule has 7 aromatic rings. The summed E-state index contributed by atoms with van der Waals surface area (Å²) in [6.45, 7) is 0. The Morgan fingerprint density at radius 1 is 0.513 bits per heavy atom. The molecule has 0 aromatic heterocycles. The fraction of sp³-hybridized carbons (Fsp3) is 0.0270. The Kier molecular flexibility index (Phi) is 5.71. The van der Waals surface area contributed by atoms with Crippen molar-refractivity contribution < 1.29 is 4.74 Å². The Morgan fingerprint density at radius 2 is 1.13 bits per heavy atom. The molecule has 0 N–H and O–H groups in total. The van der Waals surface area contributed by atoms with Crippen LogP contribution in [0.1, 0.15) is 11.1 Å². The third kappa shape index (κ3) is 4.17. The average Bonchev–Trinajstić information content (AvgIpc) is 3.00. The predicted octanol–water partition coefficient (Wildman–Crippen LogP) is 10.2. The summed E-state index contributed by atoms with van der Waals surface area (Å²) in [5.41, 5.74) is 5.69. The second-order valence-corrected chi connectivity index (χ2v) is 9.81. The number of methoxy groups -OCH3 is 1. The SMILES string of the molecule is COc1ccc(N(c2ccccc2)c2ccc(C=Cc3cc4cccc5ccc6cccc3c6c54)cc2)cc1. The van der Waals surface area contributed by atoms with E-state index in [0.29, 0.717) is 0 Å². The zero-order chi connectivity index (χ0) is 26.2. The van der Waals surface area contributed by atoms with Crippen molar-refractivity contribution in [2.24, 2.45) is 0 Å². The van der Waals surface area contributed by atoms with Gasteiger partial charge in [0.15, 0.2) is 0 Å². The van der Waals surface area contributed by atoms with Crippen molar-refractivity contribution >= 4 is 61.5 Å². The molecule has 0 atom stereocenters. The zero-order valence-electron chi connectivity index (χ0n) is 21.7. The molecule has 7 aromatic carbocycles. The van der Waals surface area contributed by atoms with Gasteiger partial charge in [-0.1, -0.05) is 91.0 Å². The highest BCUT2D eigenvalue weighted by Crippen LogP contribution is 2.38. The first-order chi connectivity index (χ1) is 19.3. The molecule has 186 valence electrons. The molecule has 7 rings (SSSR count). The number of benzene rings is 7. The molecule has 0 spiro atoms. The second kappa shape index (κ2) is 9.66. The Morgan fingerprint density at radius 3 is 1.85 bits per heavy atom.